The van der Waals surface area contributed by atoms with Crippen LogP contribution in [0.1, 0.15) is 79.8 Å². The molecule has 2 amide bonds. The van der Waals surface area contributed by atoms with E-state index in [9.17, 15) is 9.59 Å². The number of hydrogen-bond donors (Lipinski definition) is 2. The lowest BCUT2D eigenvalue weighted by atomic mass is 9.85. The van der Waals surface area contributed by atoms with E-state index in [1.165, 1.54) is 25.7 Å². The minimum atomic E-state index is -0.115. The number of hydrogen-bond acceptors (Lipinski definition) is 3. The number of nitrogens with one attached hydrogen (secondary N) is 2. The van der Waals surface area contributed by atoms with Crippen LogP contribution in [0.2, 0.25) is 0 Å². The van der Waals surface area contributed by atoms with Crippen molar-refractivity contribution in [2.24, 2.45) is 0 Å². The fourth-order valence-corrected chi connectivity index (χ4v) is 3.86. The van der Waals surface area contributed by atoms with Gasteiger partial charge in [0.15, 0.2) is 0 Å². The molecular formula is C18H28N4O2. The number of carbonyl (C=O) groups excluding carboxylic acids is 2. The molecule has 2 fully saturated rings. The van der Waals surface area contributed by atoms with Gasteiger partial charge in [0.25, 0.3) is 5.91 Å². The van der Waals surface area contributed by atoms with Gasteiger partial charge in [0.2, 0.25) is 5.91 Å². The maximum absolute atomic E-state index is 12.4. The molecule has 1 saturated carbocycles. The van der Waals surface area contributed by atoms with Crippen LogP contribution in [-0.4, -0.2) is 46.5 Å². The first-order valence-electron chi connectivity index (χ1n) is 9.35. The van der Waals surface area contributed by atoms with Gasteiger partial charge in [0.1, 0.15) is 0 Å². The average Bonchev–Trinajstić information content (AvgIpc) is 3.13. The highest BCUT2D eigenvalue weighted by atomic mass is 16.2. The van der Waals surface area contributed by atoms with E-state index in [1.807, 2.05) is 4.90 Å². The predicted octanol–water partition coefficient (Wildman–Crippen LogP) is 2.59. The van der Waals surface area contributed by atoms with E-state index < -0.39 is 0 Å². The third-order valence-electron chi connectivity index (χ3n) is 5.26. The van der Waals surface area contributed by atoms with Crippen LogP contribution in [0.5, 0.6) is 0 Å². The highest BCUT2D eigenvalue weighted by molar-refractivity contribution is 5.95. The summed E-state index contributed by atoms with van der Waals surface area (Å²) in [5.74, 6) is 0.447. The van der Waals surface area contributed by atoms with Gasteiger partial charge in [-0.3, -0.25) is 14.7 Å². The first-order valence-corrected chi connectivity index (χ1v) is 9.35. The van der Waals surface area contributed by atoms with Gasteiger partial charge in [-0.25, -0.2) is 0 Å². The molecule has 0 unspecified atom stereocenters. The van der Waals surface area contributed by atoms with E-state index in [0.717, 1.165) is 44.5 Å². The highest BCUT2D eigenvalue weighted by Gasteiger charge is 2.23. The van der Waals surface area contributed by atoms with Crippen LogP contribution in [0.4, 0.5) is 0 Å². The minimum absolute atomic E-state index is 0.115. The van der Waals surface area contributed by atoms with Gasteiger partial charge in [0.05, 0.1) is 17.5 Å². The van der Waals surface area contributed by atoms with Gasteiger partial charge < -0.3 is 10.2 Å². The quantitative estimate of drug-likeness (QED) is 0.870. The summed E-state index contributed by atoms with van der Waals surface area (Å²) in [6, 6.07) is 0. The van der Waals surface area contributed by atoms with Gasteiger partial charge in [-0.05, 0) is 32.1 Å². The molecule has 2 N–H and O–H groups in total. The van der Waals surface area contributed by atoms with Crippen molar-refractivity contribution in [1.82, 2.24) is 20.4 Å². The summed E-state index contributed by atoms with van der Waals surface area (Å²) in [5.41, 5.74) is 1.61. The maximum atomic E-state index is 12.4. The number of nitrogens with zero attached hydrogens (tertiary/aromatic N) is 2. The lowest BCUT2D eigenvalue weighted by Crippen LogP contribution is -2.37. The third-order valence-corrected chi connectivity index (χ3v) is 5.26. The largest absolute Gasteiger partial charge is 0.351 e. The first kappa shape index (κ1) is 17.0. The molecule has 0 aromatic carbocycles. The first-order chi connectivity index (χ1) is 11.8. The summed E-state index contributed by atoms with van der Waals surface area (Å²) in [5, 5.41) is 9.98. The Morgan fingerprint density at radius 1 is 1.12 bits per heavy atom. The number of likely N-dealkylation sites (tertiary alicyclic amines) is 1. The standard InChI is InChI=1S/C18H28N4O2/c23-16(22-11-5-2-6-12-22)9-10-19-18(24)15-13-20-21-17(15)14-7-3-1-4-8-14/h13-14H,1-12H2,(H,19,24)(H,20,21). The monoisotopic (exact) mass is 332 g/mol. The third kappa shape index (κ3) is 4.16. The minimum Gasteiger partial charge on any atom is -0.351 e. The lowest BCUT2D eigenvalue weighted by molar-refractivity contribution is -0.131. The van der Waals surface area contributed by atoms with Crippen molar-refractivity contribution in [3.05, 3.63) is 17.5 Å². The van der Waals surface area contributed by atoms with Crippen LogP contribution < -0.4 is 5.32 Å². The normalized spacial score (nSPS) is 19.2. The van der Waals surface area contributed by atoms with Gasteiger partial charge in [-0.15, -0.1) is 0 Å². The molecule has 0 spiro atoms. The Balaban J connectivity index is 1.48. The molecule has 24 heavy (non-hydrogen) atoms. The Morgan fingerprint density at radius 3 is 2.58 bits per heavy atom. The van der Waals surface area contributed by atoms with Crippen LogP contribution in [0.25, 0.3) is 0 Å². The molecule has 0 radical (unpaired) electrons. The van der Waals surface area contributed by atoms with E-state index >= 15 is 0 Å². The summed E-state index contributed by atoms with van der Waals surface area (Å²) >= 11 is 0. The lowest BCUT2D eigenvalue weighted by Gasteiger charge is -2.26. The number of H-pyrrole nitrogens is 1. The van der Waals surface area contributed by atoms with Crippen LogP contribution in [-0.2, 0) is 4.79 Å². The number of amides is 2. The van der Waals surface area contributed by atoms with E-state index in [1.54, 1.807) is 6.20 Å². The van der Waals surface area contributed by atoms with E-state index in [2.05, 4.69) is 15.5 Å². The molecule has 2 heterocycles. The van der Waals surface area contributed by atoms with E-state index in [4.69, 9.17) is 0 Å². The highest BCUT2D eigenvalue weighted by Crippen LogP contribution is 2.33. The molecule has 6 heteroatoms. The molecular weight excluding hydrogens is 304 g/mol. The summed E-state index contributed by atoms with van der Waals surface area (Å²) < 4.78 is 0. The zero-order valence-corrected chi connectivity index (χ0v) is 14.4. The molecule has 0 bridgehead atoms. The second-order valence-electron chi connectivity index (χ2n) is 6.98. The number of carbonyl (C=O) groups is 2. The zero-order chi connectivity index (χ0) is 16.8. The van der Waals surface area contributed by atoms with Crippen molar-refractivity contribution < 1.29 is 9.59 Å². The Bertz CT molecular complexity index is 557. The predicted molar refractivity (Wildman–Crippen MR) is 91.8 cm³/mol. The zero-order valence-electron chi connectivity index (χ0n) is 14.4. The maximum Gasteiger partial charge on any atom is 0.254 e. The Kier molecular flexibility index (Phi) is 5.88. The second kappa shape index (κ2) is 8.31. The molecule has 1 aromatic heterocycles. The number of aromatic nitrogens is 2. The van der Waals surface area contributed by atoms with Crippen molar-refractivity contribution in [2.75, 3.05) is 19.6 Å². The van der Waals surface area contributed by atoms with Crippen molar-refractivity contribution in [3.8, 4) is 0 Å². The molecule has 1 aliphatic carbocycles. The average molecular weight is 332 g/mol. The van der Waals surface area contributed by atoms with Gasteiger partial charge in [-0.2, -0.15) is 5.10 Å². The molecule has 6 nitrogen and oxygen atoms in total. The van der Waals surface area contributed by atoms with Crippen LogP contribution in [0.3, 0.4) is 0 Å². The molecule has 0 atom stereocenters. The second-order valence-corrected chi connectivity index (χ2v) is 6.98. The molecule has 1 aliphatic heterocycles. The van der Waals surface area contributed by atoms with Gasteiger partial charge in [-0.1, -0.05) is 19.3 Å². The molecule has 1 aromatic rings. The fraction of sp³-hybridized carbons (Fsp3) is 0.722. The smallest absolute Gasteiger partial charge is 0.254 e. The fourth-order valence-electron chi connectivity index (χ4n) is 3.86. The number of rotatable bonds is 5. The Hall–Kier alpha value is -1.85. The van der Waals surface area contributed by atoms with E-state index in [0.29, 0.717) is 24.4 Å². The van der Waals surface area contributed by atoms with Crippen LogP contribution in [0.15, 0.2) is 6.20 Å². The number of aromatic amines is 1. The number of piperidine rings is 1. The van der Waals surface area contributed by atoms with E-state index in [-0.39, 0.29) is 11.8 Å². The van der Waals surface area contributed by atoms with Crippen molar-refractivity contribution in [2.45, 2.75) is 63.7 Å². The van der Waals surface area contributed by atoms with Crippen LogP contribution in [0, 0.1) is 0 Å². The topological polar surface area (TPSA) is 78.1 Å². The molecule has 2 aliphatic rings. The molecule has 1 saturated heterocycles. The summed E-state index contributed by atoms with van der Waals surface area (Å²) in [4.78, 5) is 26.5. The SMILES string of the molecule is O=C(NCCC(=O)N1CCCCC1)c1cn[nH]c1C1CCCCC1. The van der Waals surface area contributed by atoms with Crippen molar-refractivity contribution in [3.63, 3.8) is 0 Å². The Morgan fingerprint density at radius 2 is 1.83 bits per heavy atom. The summed E-state index contributed by atoms with van der Waals surface area (Å²) in [7, 11) is 0. The summed E-state index contributed by atoms with van der Waals surface area (Å²) in [6.45, 7) is 2.12. The van der Waals surface area contributed by atoms with Crippen molar-refractivity contribution in [1.29, 1.82) is 0 Å². The van der Waals surface area contributed by atoms with Gasteiger partial charge in [0, 0.05) is 32.0 Å². The van der Waals surface area contributed by atoms with Crippen molar-refractivity contribution >= 4 is 11.8 Å². The van der Waals surface area contributed by atoms with Crippen LogP contribution >= 0.6 is 0 Å². The molecule has 3 rings (SSSR count). The Labute approximate surface area is 143 Å². The molecule has 132 valence electrons. The van der Waals surface area contributed by atoms with Gasteiger partial charge >= 0.3 is 0 Å². The summed E-state index contributed by atoms with van der Waals surface area (Å²) in [6.07, 6.45) is 11.4.